The second-order valence-electron chi connectivity index (χ2n) is 5.02. The number of thioether (sulfide) groups is 1. The topological polar surface area (TPSA) is 15.3 Å². The van der Waals surface area contributed by atoms with Gasteiger partial charge in [0.15, 0.2) is 0 Å². The molecule has 0 amide bonds. The van der Waals surface area contributed by atoms with E-state index < -0.39 is 0 Å². The van der Waals surface area contributed by atoms with Crippen LogP contribution in [0.2, 0.25) is 0 Å². The molecule has 0 radical (unpaired) electrons. The Bertz CT molecular complexity index is 192. The fourth-order valence-electron chi connectivity index (χ4n) is 2.56. The molecule has 3 heteroatoms. The average molecular weight is 244 g/mol. The van der Waals surface area contributed by atoms with Gasteiger partial charge in [0.2, 0.25) is 0 Å². The zero-order valence-corrected chi connectivity index (χ0v) is 12.2. The maximum Gasteiger partial charge on any atom is 0.0303 e. The average Bonchev–Trinajstić information content (AvgIpc) is 2.47. The highest BCUT2D eigenvalue weighted by molar-refractivity contribution is 7.98. The number of nitrogens with zero attached hydrogens (tertiary/aromatic N) is 1. The second-order valence-corrected chi connectivity index (χ2v) is 6.00. The van der Waals surface area contributed by atoms with Gasteiger partial charge in [-0.2, -0.15) is 11.8 Å². The fourth-order valence-corrected chi connectivity index (χ4v) is 2.98. The van der Waals surface area contributed by atoms with E-state index in [4.69, 9.17) is 0 Å². The van der Waals surface area contributed by atoms with E-state index >= 15 is 0 Å². The summed E-state index contributed by atoms with van der Waals surface area (Å²) >= 11 is 1.96. The molecule has 0 aromatic heterocycles. The summed E-state index contributed by atoms with van der Waals surface area (Å²) in [5.74, 6) is 1.26. The minimum atomic E-state index is 0.364. The Kier molecular flexibility index (Phi) is 6.16. The lowest BCUT2D eigenvalue weighted by Gasteiger charge is -2.37. The molecule has 0 aromatic carbocycles. The molecule has 0 aliphatic carbocycles. The Hall–Kier alpha value is 0.270. The number of rotatable bonds is 5. The molecule has 2 nitrogen and oxygen atoms in total. The van der Waals surface area contributed by atoms with E-state index in [1.807, 2.05) is 11.8 Å². The van der Waals surface area contributed by atoms with Gasteiger partial charge in [0.1, 0.15) is 0 Å². The van der Waals surface area contributed by atoms with Crippen LogP contribution in [0, 0.1) is 0 Å². The van der Waals surface area contributed by atoms with Crippen LogP contribution >= 0.6 is 11.8 Å². The second kappa shape index (κ2) is 6.87. The van der Waals surface area contributed by atoms with Crippen molar-refractivity contribution in [1.29, 1.82) is 0 Å². The monoisotopic (exact) mass is 244 g/mol. The van der Waals surface area contributed by atoms with Gasteiger partial charge in [-0.15, -0.1) is 0 Å². The lowest BCUT2D eigenvalue weighted by molar-refractivity contribution is 0.168. The quantitative estimate of drug-likeness (QED) is 0.800. The Balaban J connectivity index is 2.64. The smallest absolute Gasteiger partial charge is 0.0303 e. The van der Waals surface area contributed by atoms with Crippen molar-refractivity contribution in [3.05, 3.63) is 0 Å². The molecular weight excluding hydrogens is 216 g/mol. The number of hydrogen-bond donors (Lipinski definition) is 1. The maximum atomic E-state index is 3.78. The van der Waals surface area contributed by atoms with Crippen molar-refractivity contribution in [1.82, 2.24) is 10.2 Å². The van der Waals surface area contributed by atoms with Crippen molar-refractivity contribution in [2.24, 2.45) is 0 Å². The highest BCUT2D eigenvalue weighted by Gasteiger charge is 2.32. The summed E-state index contributed by atoms with van der Waals surface area (Å²) in [6.07, 6.45) is 5.97. The first-order valence-corrected chi connectivity index (χ1v) is 8.05. The van der Waals surface area contributed by atoms with Crippen molar-refractivity contribution < 1.29 is 0 Å². The van der Waals surface area contributed by atoms with Crippen LogP contribution in [-0.4, -0.2) is 48.1 Å². The largest absolute Gasteiger partial charge is 0.310 e. The molecule has 16 heavy (non-hydrogen) atoms. The Morgan fingerprint density at radius 2 is 2.06 bits per heavy atom. The normalized spacial score (nSPS) is 26.6. The predicted molar refractivity (Wildman–Crippen MR) is 75.3 cm³/mol. The third kappa shape index (κ3) is 3.64. The number of hydrogen-bond acceptors (Lipinski definition) is 3. The maximum absolute atomic E-state index is 3.78. The summed E-state index contributed by atoms with van der Waals surface area (Å²) in [6.45, 7) is 10.7. The molecule has 0 spiro atoms. The van der Waals surface area contributed by atoms with Gasteiger partial charge in [-0.05, 0) is 39.0 Å². The van der Waals surface area contributed by atoms with E-state index in [0.29, 0.717) is 5.54 Å². The molecule has 96 valence electrons. The molecule has 0 bridgehead atoms. The molecule has 1 aliphatic heterocycles. The first kappa shape index (κ1) is 14.3. The van der Waals surface area contributed by atoms with Crippen LogP contribution in [0.15, 0.2) is 0 Å². The van der Waals surface area contributed by atoms with Crippen LogP contribution in [0.25, 0.3) is 0 Å². The van der Waals surface area contributed by atoms with Crippen LogP contribution in [-0.2, 0) is 0 Å². The van der Waals surface area contributed by atoms with E-state index in [9.17, 15) is 0 Å². The minimum Gasteiger partial charge on any atom is -0.310 e. The zero-order valence-electron chi connectivity index (χ0n) is 11.4. The molecule has 1 aliphatic rings. The van der Waals surface area contributed by atoms with Crippen LogP contribution in [0.4, 0.5) is 0 Å². The summed E-state index contributed by atoms with van der Waals surface area (Å²) in [5, 5.41) is 3.78. The Morgan fingerprint density at radius 3 is 2.62 bits per heavy atom. The summed E-state index contributed by atoms with van der Waals surface area (Å²) in [4.78, 5) is 2.68. The molecule has 0 saturated carbocycles. The van der Waals surface area contributed by atoms with Gasteiger partial charge in [0, 0.05) is 30.4 Å². The molecular formula is C13H28N2S. The minimum absolute atomic E-state index is 0.364. The van der Waals surface area contributed by atoms with Crippen LogP contribution in [0.3, 0.4) is 0 Å². The third-order valence-electron chi connectivity index (χ3n) is 4.13. The van der Waals surface area contributed by atoms with E-state index in [1.165, 1.54) is 44.6 Å². The fraction of sp³-hybridized carbons (Fsp3) is 1.00. The van der Waals surface area contributed by atoms with Crippen molar-refractivity contribution in [2.45, 2.75) is 51.6 Å². The van der Waals surface area contributed by atoms with E-state index in [-0.39, 0.29) is 0 Å². The van der Waals surface area contributed by atoms with Gasteiger partial charge in [-0.1, -0.05) is 13.8 Å². The van der Waals surface area contributed by atoms with Gasteiger partial charge in [0.25, 0.3) is 0 Å². The van der Waals surface area contributed by atoms with Crippen molar-refractivity contribution in [3.63, 3.8) is 0 Å². The van der Waals surface area contributed by atoms with E-state index in [2.05, 4.69) is 37.2 Å². The van der Waals surface area contributed by atoms with Crippen LogP contribution < -0.4 is 5.32 Å². The molecule has 1 unspecified atom stereocenters. The summed E-state index contributed by atoms with van der Waals surface area (Å²) in [5.41, 5.74) is 0.364. The first-order valence-electron chi connectivity index (χ1n) is 6.65. The van der Waals surface area contributed by atoms with Crippen molar-refractivity contribution >= 4 is 11.8 Å². The molecule has 1 rings (SSSR count). The van der Waals surface area contributed by atoms with Gasteiger partial charge >= 0.3 is 0 Å². The highest BCUT2D eigenvalue weighted by atomic mass is 32.2. The summed E-state index contributed by atoms with van der Waals surface area (Å²) < 4.78 is 0. The summed E-state index contributed by atoms with van der Waals surface area (Å²) in [7, 11) is 0. The molecule has 1 N–H and O–H groups in total. The SMILES string of the molecule is CCC1(CC)CN(CCSC)C(C)CCN1. The van der Waals surface area contributed by atoms with Crippen molar-refractivity contribution in [2.75, 3.05) is 31.6 Å². The highest BCUT2D eigenvalue weighted by Crippen LogP contribution is 2.22. The predicted octanol–water partition coefficient (Wildman–Crippen LogP) is 2.59. The number of nitrogens with one attached hydrogen (secondary N) is 1. The van der Waals surface area contributed by atoms with Gasteiger partial charge in [-0.25, -0.2) is 0 Å². The van der Waals surface area contributed by atoms with Gasteiger partial charge in [0.05, 0.1) is 0 Å². The van der Waals surface area contributed by atoms with Crippen molar-refractivity contribution in [3.8, 4) is 0 Å². The Labute approximate surface area is 106 Å². The molecule has 1 atom stereocenters. The molecule has 1 saturated heterocycles. The third-order valence-corrected chi connectivity index (χ3v) is 4.72. The lowest BCUT2D eigenvalue weighted by Crippen LogP contribution is -2.51. The molecule has 1 heterocycles. The Morgan fingerprint density at radius 1 is 1.38 bits per heavy atom. The van der Waals surface area contributed by atoms with E-state index in [1.54, 1.807) is 0 Å². The lowest BCUT2D eigenvalue weighted by atomic mass is 9.92. The zero-order chi connectivity index (χ0) is 12.0. The standard InChI is InChI=1S/C13H28N2S/c1-5-13(6-2)11-15(9-10-16-4)12(3)7-8-14-13/h12,14H,5-11H2,1-4H3. The van der Waals surface area contributed by atoms with Crippen LogP contribution in [0.1, 0.15) is 40.0 Å². The van der Waals surface area contributed by atoms with Gasteiger partial charge in [-0.3, -0.25) is 4.90 Å². The van der Waals surface area contributed by atoms with Gasteiger partial charge < -0.3 is 5.32 Å². The molecule has 0 aromatic rings. The first-order chi connectivity index (χ1) is 7.67. The van der Waals surface area contributed by atoms with E-state index in [0.717, 1.165) is 6.04 Å². The molecule has 1 fully saturated rings. The van der Waals surface area contributed by atoms with Crippen LogP contribution in [0.5, 0.6) is 0 Å². The summed E-state index contributed by atoms with van der Waals surface area (Å²) in [6, 6.07) is 0.736.